The van der Waals surface area contributed by atoms with E-state index < -0.39 is 0 Å². The van der Waals surface area contributed by atoms with E-state index >= 15 is 0 Å². The van der Waals surface area contributed by atoms with Crippen LogP contribution in [0.1, 0.15) is 17.4 Å². The number of aromatic nitrogens is 1. The molecule has 0 saturated carbocycles. The largest absolute Gasteiger partial charge is 0.448 e. The maximum absolute atomic E-state index is 5.70. The average molecular weight is 188 g/mol. The summed E-state index contributed by atoms with van der Waals surface area (Å²) < 4.78 is 5.25. The van der Waals surface area contributed by atoms with E-state index in [2.05, 4.69) is 4.98 Å². The third-order valence-electron chi connectivity index (χ3n) is 2.19. The summed E-state index contributed by atoms with van der Waals surface area (Å²) in [4.78, 5) is 4.12. The first-order valence-electron chi connectivity index (χ1n) is 4.56. The summed E-state index contributed by atoms with van der Waals surface area (Å²) >= 11 is 0. The molecular formula is C11H12N2O. The van der Waals surface area contributed by atoms with Crippen LogP contribution < -0.4 is 5.73 Å². The topological polar surface area (TPSA) is 52.0 Å². The fourth-order valence-corrected chi connectivity index (χ4v) is 1.47. The van der Waals surface area contributed by atoms with Crippen molar-refractivity contribution in [2.45, 2.75) is 5.92 Å². The smallest absolute Gasteiger partial charge is 0.202 e. The van der Waals surface area contributed by atoms with Gasteiger partial charge in [-0.1, -0.05) is 30.3 Å². The van der Waals surface area contributed by atoms with Crippen LogP contribution in [-0.2, 0) is 0 Å². The molecule has 0 aliphatic heterocycles. The Kier molecular flexibility index (Phi) is 2.60. The number of benzene rings is 1. The van der Waals surface area contributed by atoms with E-state index in [0.29, 0.717) is 12.4 Å². The highest BCUT2D eigenvalue weighted by atomic mass is 16.3. The number of nitrogens with two attached hydrogens (primary N) is 1. The number of oxazole rings is 1. The third-order valence-corrected chi connectivity index (χ3v) is 2.19. The Morgan fingerprint density at radius 3 is 2.64 bits per heavy atom. The zero-order valence-electron chi connectivity index (χ0n) is 7.76. The predicted octanol–water partition coefficient (Wildman–Crippen LogP) is 1.77. The fraction of sp³-hybridized carbons (Fsp3) is 0.182. The van der Waals surface area contributed by atoms with Crippen molar-refractivity contribution in [3.8, 4) is 0 Å². The second-order valence-electron chi connectivity index (χ2n) is 3.07. The van der Waals surface area contributed by atoms with Crippen LogP contribution in [0.15, 0.2) is 47.2 Å². The van der Waals surface area contributed by atoms with Crippen LogP contribution in [0.4, 0.5) is 0 Å². The molecule has 2 aromatic rings. The molecule has 0 spiro atoms. The molecule has 3 nitrogen and oxygen atoms in total. The Hall–Kier alpha value is -1.61. The second-order valence-corrected chi connectivity index (χ2v) is 3.07. The van der Waals surface area contributed by atoms with Crippen molar-refractivity contribution in [3.05, 3.63) is 54.2 Å². The predicted molar refractivity (Wildman–Crippen MR) is 53.8 cm³/mol. The first kappa shape index (κ1) is 8.97. The van der Waals surface area contributed by atoms with Crippen LogP contribution in [-0.4, -0.2) is 11.5 Å². The minimum Gasteiger partial charge on any atom is -0.448 e. The summed E-state index contributed by atoms with van der Waals surface area (Å²) in [6.07, 6.45) is 3.21. The van der Waals surface area contributed by atoms with Gasteiger partial charge in [-0.2, -0.15) is 0 Å². The lowest BCUT2D eigenvalue weighted by Crippen LogP contribution is -2.13. The molecule has 0 saturated heterocycles. The van der Waals surface area contributed by atoms with Crippen molar-refractivity contribution in [1.29, 1.82) is 0 Å². The van der Waals surface area contributed by atoms with Crippen molar-refractivity contribution in [3.63, 3.8) is 0 Å². The van der Waals surface area contributed by atoms with Crippen LogP contribution in [0.2, 0.25) is 0 Å². The normalized spacial score (nSPS) is 12.6. The van der Waals surface area contributed by atoms with E-state index in [-0.39, 0.29) is 5.92 Å². The Bertz CT molecular complexity index is 369. The van der Waals surface area contributed by atoms with Gasteiger partial charge in [0.2, 0.25) is 5.89 Å². The van der Waals surface area contributed by atoms with Crippen LogP contribution in [0.25, 0.3) is 0 Å². The van der Waals surface area contributed by atoms with Crippen molar-refractivity contribution < 1.29 is 4.42 Å². The molecule has 72 valence electrons. The number of hydrogen-bond donors (Lipinski definition) is 1. The van der Waals surface area contributed by atoms with Gasteiger partial charge in [0, 0.05) is 6.54 Å². The summed E-state index contributed by atoms with van der Waals surface area (Å²) in [5.41, 5.74) is 6.83. The molecule has 0 radical (unpaired) electrons. The van der Waals surface area contributed by atoms with Gasteiger partial charge in [-0.3, -0.25) is 0 Å². The average Bonchev–Trinajstić information content (AvgIpc) is 2.74. The molecule has 2 rings (SSSR count). The Morgan fingerprint density at radius 2 is 2.07 bits per heavy atom. The van der Waals surface area contributed by atoms with E-state index in [9.17, 15) is 0 Å². The standard InChI is InChI=1S/C11H12N2O/c12-8-10(11-13-6-7-14-11)9-4-2-1-3-5-9/h1-7,10H,8,12H2. The molecule has 1 heterocycles. The van der Waals surface area contributed by atoms with Crippen molar-refractivity contribution in [1.82, 2.24) is 4.98 Å². The summed E-state index contributed by atoms with van der Waals surface area (Å²) in [5.74, 6) is 0.741. The fourth-order valence-electron chi connectivity index (χ4n) is 1.47. The first-order chi connectivity index (χ1) is 6.92. The van der Waals surface area contributed by atoms with E-state index in [1.807, 2.05) is 30.3 Å². The molecule has 0 amide bonds. The molecule has 2 N–H and O–H groups in total. The van der Waals surface area contributed by atoms with Crippen LogP contribution in [0, 0.1) is 0 Å². The first-order valence-corrected chi connectivity index (χ1v) is 4.56. The summed E-state index contributed by atoms with van der Waals surface area (Å²) in [7, 11) is 0. The van der Waals surface area contributed by atoms with E-state index in [0.717, 1.165) is 5.56 Å². The van der Waals surface area contributed by atoms with Gasteiger partial charge in [-0.25, -0.2) is 4.98 Å². The van der Waals surface area contributed by atoms with Gasteiger partial charge < -0.3 is 10.2 Å². The monoisotopic (exact) mass is 188 g/mol. The van der Waals surface area contributed by atoms with Gasteiger partial charge in [0.05, 0.1) is 12.1 Å². The van der Waals surface area contributed by atoms with E-state index in [1.54, 1.807) is 12.5 Å². The molecule has 14 heavy (non-hydrogen) atoms. The molecule has 0 aliphatic rings. The summed E-state index contributed by atoms with van der Waals surface area (Å²) in [6, 6.07) is 10.0. The SMILES string of the molecule is NCC(c1ccccc1)c1ncco1. The van der Waals surface area contributed by atoms with Gasteiger partial charge in [-0.15, -0.1) is 0 Å². The molecule has 1 aromatic carbocycles. The van der Waals surface area contributed by atoms with Gasteiger partial charge in [0.15, 0.2) is 0 Å². The van der Waals surface area contributed by atoms with Crippen LogP contribution >= 0.6 is 0 Å². The molecule has 1 aromatic heterocycles. The van der Waals surface area contributed by atoms with Crippen LogP contribution in [0.3, 0.4) is 0 Å². The molecular weight excluding hydrogens is 176 g/mol. The summed E-state index contributed by atoms with van der Waals surface area (Å²) in [6.45, 7) is 0.504. The Morgan fingerprint density at radius 1 is 1.29 bits per heavy atom. The Labute approximate surface area is 82.6 Å². The number of rotatable bonds is 3. The van der Waals surface area contributed by atoms with E-state index in [4.69, 9.17) is 10.2 Å². The quantitative estimate of drug-likeness (QED) is 0.798. The lowest BCUT2D eigenvalue weighted by Gasteiger charge is -2.10. The number of nitrogens with zero attached hydrogens (tertiary/aromatic N) is 1. The molecule has 1 atom stereocenters. The van der Waals surface area contributed by atoms with Crippen molar-refractivity contribution >= 4 is 0 Å². The third kappa shape index (κ3) is 1.67. The van der Waals surface area contributed by atoms with Gasteiger partial charge in [0.25, 0.3) is 0 Å². The zero-order valence-corrected chi connectivity index (χ0v) is 7.76. The number of hydrogen-bond acceptors (Lipinski definition) is 3. The van der Waals surface area contributed by atoms with Crippen molar-refractivity contribution in [2.75, 3.05) is 6.54 Å². The maximum Gasteiger partial charge on any atom is 0.202 e. The highest BCUT2D eigenvalue weighted by Gasteiger charge is 2.15. The Balaban J connectivity index is 2.31. The molecule has 3 heteroatoms. The minimum atomic E-state index is 0.0613. The lowest BCUT2D eigenvalue weighted by atomic mass is 9.99. The molecule has 0 bridgehead atoms. The zero-order chi connectivity index (χ0) is 9.80. The molecule has 1 unspecified atom stereocenters. The van der Waals surface area contributed by atoms with Gasteiger partial charge >= 0.3 is 0 Å². The van der Waals surface area contributed by atoms with Gasteiger partial charge in [0.1, 0.15) is 6.26 Å². The highest BCUT2D eigenvalue weighted by Crippen LogP contribution is 2.21. The van der Waals surface area contributed by atoms with E-state index in [1.165, 1.54) is 0 Å². The minimum absolute atomic E-state index is 0.0613. The molecule has 0 aliphatic carbocycles. The molecule has 0 fully saturated rings. The van der Waals surface area contributed by atoms with Crippen LogP contribution in [0.5, 0.6) is 0 Å². The highest BCUT2D eigenvalue weighted by molar-refractivity contribution is 5.24. The lowest BCUT2D eigenvalue weighted by molar-refractivity contribution is 0.472. The maximum atomic E-state index is 5.70. The van der Waals surface area contributed by atoms with Gasteiger partial charge in [-0.05, 0) is 5.56 Å². The van der Waals surface area contributed by atoms with Crippen molar-refractivity contribution in [2.24, 2.45) is 5.73 Å². The second kappa shape index (κ2) is 4.07. The summed E-state index contributed by atoms with van der Waals surface area (Å²) in [5, 5.41) is 0.